The Hall–Kier alpha value is -0.940. The minimum Gasteiger partial charge on any atom is -0.343 e. The van der Waals surface area contributed by atoms with Crippen molar-refractivity contribution in [2.45, 2.75) is 38.6 Å². The third kappa shape index (κ3) is 4.09. The molecule has 0 aliphatic carbocycles. The predicted octanol–water partition coefficient (Wildman–Crippen LogP) is 1.08. The summed E-state index contributed by atoms with van der Waals surface area (Å²) in [6.45, 7) is 6.89. The van der Waals surface area contributed by atoms with Gasteiger partial charge in [-0.15, -0.1) is 0 Å². The Morgan fingerprint density at radius 2 is 2.29 bits per heavy atom. The summed E-state index contributed by atoms with van der Waals surface area (Å²) in [5.74, 6) is 0.793. The monoisotopic (exact) mass is 238 g/mol. The molecule has 1 saturated heterocycles. The van der Waals surface area contributed by atoms with E-state index in [2.05, 4.69) is 27.3 Å². The summed E-state index contributed by atoms with van der Waals surface area (Å²) in [6, 6.07) is 0.662. The average Bonchev–Trinajstić information content (AvgIpc) is 2.85. The second-order valence-corrected chi connectivity index (χ2v) is 4.67. The van der Waals surface area contributed by atoms with Crippen LogP contribution >= 0.6 is 0 Å². The van der Waals surface area contributed by atoms with E-state index in [1.165, 1.54) is 45.3 Å². The normalized spacial score (nSPS) is 18.6. The molecule has 0 bridgehead atoms. The third-order valence-electron chi connectivity index (χ3n) is 3.32. The second-order valence-electron chi connectivity index (χ2n) is 4.67. The molecule has 1 aromatic rings. The van der Waals surface area contributed by atoms with E-state index >= 15 is 0 Å². The Morgan fingerprint density at radius 1 is 1.47 bits per heavy atom. The third-order valence-corrected chi connectivity index (χ3v) is 3.32. The predicted molar refractivity (Wildman–Crippen MR) is 65.8 cm³/mol. The fraction of sp³-hybridized carbons (Fsp3) is 0.833. The first-order chi connectivity index (χ1) is 8.38. The first kappa shape index (κ1) is 12.5. The van der Waals surface area contributed by atoms with Crippen LogP contribution in [-0.4, -0.2) is 47.3 Å². The van der Waals surface area contributed by atoms with Crippen LogP contribution in [0.2, 0.25) is 0 Å². The highest BCUT2D eigenvalue weighted by Gasteiger charge is 2.17. The Labute approximate surface area is 103 Å². The van der Waals surface area contributed by atoms with Gasteiger partial charge in [0.25, 0.3) is 0 Å². The molecular formula is C12H22N4O. The fourth-order valence-corrected chi connectivity index (χ4v) is 2.37. The van der Waals surface area contributed by atoms with E-state index in [9.17, 15) is 0 Å². The molecule has 5 nitrogen and oxygen atoms in total. The molecule has 1 aromatic heterocycles. The molecule has 1 N–H and O–H groups in total. The molecule has 0 atom stereocenters. The molecule has 96 valence electrons. The zero-order valence-electron chi connectivity index (χ0n) is 10.6. The highest BCUT2D eigenvalue weighted by molar-refractivity contribution is 4.82. The minimum atomic E-state index is 0.662. The lowest BCUT2D eigenvalue weighted by Crippen LogP contribution is -2.43. The summed E-state index contributed by atoms with van der Waals surface area (Å²) in [5.41, 5.74) is 0. The van der Waals surface area contributed by atoms with Crippen LogP contribution in [0.15, 0.2) is 10.9 Å². The van der Waals surface area contributed by atoms with Crippen molar-refractivity contribution in [1.29, 1.82) is 0 Å². The Balaban J connectivity index is 1.58. The maximum atomic E-state index is 4.70. The lowest BCUT2D eigenvalue weighted by Gasteiger charge is -2.32. The van der Waals surface area contributed by atoms with Crippen LogP contribution in [0.3, 0.4) is 0 Å². The smallest absolute Gasteiger partial charge is 0.213 e. The second kappa shape index (κ2) is 6.71. The van der Waals surface area contributed by atoms with Gasteiger partial charge in [0, 0.05) is 19.0 Å². The Bertz CT molecular complexity index is 293. The van der Waals surface area contributed by atoms with Gasteiger partial charge in [0.05, 0.1) is 0 Å². The Kier molecular flexibility index (Phi) is 4.94. The molecule has 0 amide bonds. The van der Waals surface area contributed by atoms with Gasteiger partial charge in [-0.25, -0.2) is 0 Å². The van der Waals surface area contributed by atoms with Crippen molar-refractivity contribution in [2.75, 3.05) is 26.2 Å². The van der Waals surface area contributed by atoms with Crippen LogP contribution in [0.4, 0.5) is 0 Å². The van der Waals surface area contributed by atoms with Gasteiger partial charge in [-0.05, 0) is 38.9 Å². The van der Waals surface area contributed by atoms with E-state index in [4.69, 9.17) is 4.52 Å². The number of piperidine rings is 1. The van der Waals surface area contributed by atoms with Gasteiger partial charge in [0.15, 0.2) is 5.82 Å². The number of hydrogen-bond acceptors (Lipinski definition) is 5. The molecule has 5 heteroatoms. The topological polar surface area (TPSA) is 54.2 Å². The maximum absolute atomic E-state index is 4.70. The highest BCUT2D eigenvalue weighted by Crippen LogP contribution is 2.10. The van der Waals surface area contributed by atoms with Gasteiger partial charge in [0.2, 0.25) is 6.39 Å². The molecule has 1 aliphatic heterocycles. The van der Waals surface area contributed by atoms with E-state index in [1.54, 1.807) is 0 Å². The van der Waals surface area contributed by atoms with Crippen molar-refractivity contribution in [1.82, 2.24) is 20.4 Å². The van der Waals surface area contributed by atoms with Crippen LogP contribution in [0.25, 0.3) is 0 Å². The SMILES string of the molecule is CCCN1CCC(NCCc2ncon2)CC1. The van der Waals surface area contributed by atoms with E-state index < -0.39 is 0 Å². The van der Waals surface area contributed by atoms with Gasteiger partial charge in [-0.1, -0.05) is 12.1 Å². The van der Waals surface area contributed by atoms with Crippen molar-refractivity contribution >= 4 is 0 Å². The van der Waals surface area contributed by atoms with Crippen LogP contribution in [-0.2, 0) is 6.42 Å². The molecule has 0 spiro atoms. The molecule has 2 heterocycles. The summed E-state index contributed by atoms with van der Waals surface area (Å²) < 4.78 is 4.70. The maximum Gasteiger partial charge on any atom is 0.213 e. The zero-order chi connectivity index (χ0) is 11.9. The van der Waals surface area contributed by atoms with E-state index in [1.807, 2.05) is 0 Å². The number of nitrogens with one attached hydrogen (secondary N) is 1. The van der Waals surface area contributed by atoms with Gasteiger partial charge >= 0.3 is 0 Å². The molecule has 1 aliphatic rings. The highest BCUT2D eigenvalue weighted by atomic mass is 16.5. The largest absolute Gasteiger partial charge is 0.343 e. The zero-order valence-corrected chi connectivity index (χ0v) is 10.6. The molecule has 1 fully saturated rings. The van der Waals surface area contributed by atoms with Crippen LogP contribution in [0.1, 0.15) is 32.0 Å². The van der Waals surface area contributed by atoms with E-state index in [-0.39, 0.29) is 0 Å². The number of hydrogen-bond donors (Lipinski definition) is 1. The van der Waals surface area contributed by atoms with Crippen molar-refractivity contribution in [3.63, 3.8) is 0 Å². The van der Waals surface area contributed by atoms with Crippen molar-refractivity contribution in [2.24, 2.45) is 0 Å². The average molecular weight is 238 g/mol. The van der Waals surface area contributed by atoms with Crippen LogP contribution < -0.4 is 5.32 Å². The molecule has 0 aromatic carbocycles. The van der Waals surface area contributed by atoms with Crippen molar-refractivity contribution < 1.29 is 4.52 Å². The lowest BCUT2D eigenvalue weighted by atomic mass is 10.0. The molecule has 0 radical (unpaired) electrons. The number of nitrogens with zero attached hydrogens (tertiary/aromatic N) is 3. The summed E-state index contributed by atoms with van der Waals surface area (Å²) in [5, 5.41) is 7.38. The standard InChI is InChI=1S/C12H22N4O/c1-2-7-16-8-4-11(5-9-16)13-6-3-12-14-10-17-15-12/h10-11,13H,2-9H2,1H3. The molecule has 2 rings (SSSR count). The van der Waals surface area contributed by atoms with Gasteiger partial charge < -0.3 is 14.7 Å². The van der Waals surface area contributed by atoms with Gasteiger partial charge in [0.1, 0.15) is 0 Å². The summed E-state index contributed by atoms with van der Waals surface area (Å²) in [4.78, 5) is 6.56. The minimum absolute atomic E-state index is 0.662. The summed E-state index contributed by atoms with van der Waals surface area (Å²) in [6.07, 6.45) is 6.01. The fourth-order valence-electron chi connectivity index (χ4n) is 2.37. The van der Waals surface area contributed by atoms with Crippen molar-refractivity contribution in [3.8, 4) is 0 Å². The molecule has 17 heavy (non-hydrogen) atoms. The molecule has 0 saturated carbocycles. The molecule has 0 unspecified atom stereocenters. The van der Waals surface area contributed by atoms with E-state index in [0.717, 1.165) is 18.8 Å². The van der Waals surface area contributed by atoms with E-state index in [0.29, 0.717) is 6.04 Å². The van der Waals surface area contributed by atoms with Crippen LogP contribution in [0.5, 0.6) is 0 Å². The lowest BCUT2D eigenvalue weighted by molar-refractivity contribution is 0.198. The Morgan fingerprint density at radius 3 is 2.94 bits per heavy atom. The number of aromatic nitrogens is 2. The van der Waals surface area contributed by atoms with Gasteiger partial charge in [-0.3, -0.25) is 0 Å². The summed E-state index contributed by atoms with van der Waals surface area (Å²) >= 11 is 0. The first-order valence-corrected chi connectivity index (χ1v) is 6.59. The number of rotatable bonds is 6. The number of likely N-dealkylation sites (tertiary alicyclic amines) is 1. The van der Waals surface area contributed by atoms with Crippen molar-refractivity contribution in [3.05, 3.63) is 12.2 Å². The quantitative estimate of drug-likeness (QED) is 0.803. The van der Waals surface area contributed by atoms with Gasteiger partial charge in [-0.2, -0.15) is 4.98 Å². The first-order valence-electron chi connectivity index (χ1n) is 6.59. The van der Waals surface area contributed by atoms with Crippen LogP contribution in [0, 0.1) is 0 Å². The summed E-state index contributed by atoms with van der Waals surface area (Å²) in [7, 11) is 0. The molecular weight excluding hydrogens is 216 g/mol.